The van der Waals surface area contributed by atoms with E-state index in [4.69, 9.17) is 9.47 Å². The summed E-state index contributed by atoms with van der Waals surface area (Å²) in [6.07, 6.45) is 1.40. The zero-order chi connectivity index (χ0) is 28.4. The van der Waals surface area contributed by atoms with Crippen LogP contribution >= 0.6 is 0 Å². The monoisotopic (exact) mass is 537 g/mol. The molecule has 2 aromatic carbocycles. The molecule has 2 N–H and O–H groups in total. The fourth-order valence-electron chi connectivity index (χ4n) is 4.29. The normalized spacial score (nSPS) is 14.7. The average molecular weight is 538 g/mol. The van der Waals surface area contributed by atoms with Crippen LogP contribution in [0.3, 0.4) is 0 Å². The number of hydrogen-bond donors (Lipinski definition) is 2. The zero-order valence-corrected chi connectivity index (χ0v) is 23.2. The molecule has 210 valence electrons. The van der Waals surface area contributed by atoms with E-state index in [1.165, 1.54) is 0 Å². The van der Waals surface area contributed by atoms with Gasteiger partial charge in [0.2, 0.25) is 5.91 Å². The predicted molar refractivity (Wildman–Crippen MR) is 148 cm³/mol. The molecule has 9 nitrogen and oxygen atoms in total. The topological polar surface area (TPSA) is 114 Å². The van der Waals surface area contributed by atoms with Crippen molar-refractivity contribution in [2.24, 2.45) is 5.92 Å². The molecule has 3 rings (SSSR count). The van der Waals surface area contributed by atoms with Gasteiger partial charge in [-0.3, -0.25) is 19.2 Å². The quantitative estimate of drug-likeness (QED) is 0.445. The lowest BCUT2D eigenvalue weighted by Gasteiger charge is -2.34. The Balaban J connectivity index is 1.40. The second kappa shape index (κ2) is 13.8. The van der Waals surface area contributed by atoms with Gasteiger partial charge in [-0.15, -0.1) is 0 Å². The number of rotatable bonds is 10. The van der Waals surface area contributed by atoms with Crippen LogP contribution in [0.1, 0.15) is 62.9 Å². The maximum absolute atomic E-state index is 12.7. The van der Waals surface area contributed by atoms with E-state index < -0.39 is 23.5 Å². The third-order valence-electron chi connectivity index (χ3n) is 6.24. The molecule has 1 heterocycles. The van der Waals surface area contributed by atoms with Crippen LogP contribution in [0.5, 0.6) is 0 Å². The lowest BCUT2D eigenvalue weighted by Crippen LogP contribution is -2.41. The summed E-state index contributed by atoms with van der Waals surface area (Å²) in [5, 5.41) is 5.34. The minimum Gasteiger partial charge on any atom is -0.461 e. The van der Waals surface area contributed by atoms with Gasteiger partial charge in [0.05, 0.1) is 18.9 Å². The van der Waals surface area contributed by atoms with Crippen LogP contribution in [-0.2, 0) is 30.5 Å². The zero-order valence-electron chi connectivity index (χ0n) is 23.2. The molecule has 0 saturated carbocycles. The van der Waals surface area contributed by atoms with Crippen LogP contribution in [0.4, 0.5) is 5.69 Å². The Morgan fingerprint density at radius 1 is 1.00 bits per heavy atom. The van der Waals surface area contributed by atoms with E-state index >= 15 is 0 Å². The molecule has 1 aliphatic rings. The predicted octanol–water partition coefficient (Wildman–Crippen LogP) is 3.61. The van der Waals surface area contributed by atoms with E-state index in [2.05, 4.69) is 15.5 Å². The summed E-state index contributed by atoms with van der Waals surface area (Å²) in [6, 6.07) is 16.1. The third-order valence-corrected chi connectivity index (χ3v) is 6.24. The summed E-state index contributed by atoms with van der Waals surface area (Å²) < 4.78 is 10.8. The molecule has 1 aliphatic heterocycles. The van der Waals surface area contributed by atoms with E-state index in [0.29, 0.717) is 31.5 Å². The van der Waals surface area contributed by atoms with Gasteiger partial charge in [0.25, 0.3) is 5.91 Å². The van der Waals surface area contributed by atoms with Gasteiger partial charge in [0.15, 0.2) is 0 Å². The number of amides is 2. The number of carbonyl (C=O) groups is 4. The minimum absolute atomic E-state index is 0.0270. The maximum Gasteiger partial charge on any atom is 0.309 e. The first-order valence-corrected chi connectivity index (χ1v) is 13.3. The van der Waals surface area contributed by atoms with Crippen LogP contribution in [-0.4, -0.2) is 55.0 Å². The van der Waals surface area contributed by atoms with Crippen molar-refractivity contribution in [2.45, 2.75) is 65.2 Å². The lowest BCUT2D eigenvalue weighted by atomic mass is 9.96. The molecule has 0 unspecified atom stereocenters. The number of nitrogens with one attached hydrogen (secondary N) is 2. The van der Waals surface area contributed by atoms with Crippen molar-refractivity contribution in [1.29, 1.82) is 0 Å². The number of benzene rings is 2. The van der Waals surface area contributed by atoms with Crippen LogP contribution in [0.25, 0.3) is 0 Å². The highest BCUT2D eigenvalue weighted by Crippen LogP contribution is 2.26. The molecule has 0 spiro atoms. The summed E-state index contributed by atoms with van der Waals surface area (Å²) >= 11 is 0. The molecule has 9 heteroatoms. The van der Waals surface area contributed by atoms with Crippen molar-refractivity contribution in [1.82, 2.24) is 10.6 Å². The summed E-state index contributed by atoms with van der Waals surface area (Å²) in [4.78, 5) is 51.6. The van der Waals surface area contributed by atoms with Gasteiger partial charge in [0.1, 0.15) is 12.2 Å². The number of esters is 2. The second-order valence-corrected chi connectivity index (χ2v) is 10.8. The van der Waals surface area contributed by atoms with Crippen molar-refractivity contribution in [2.75, 3.05) is 24.5 Å². The Morgan fingerprint density at radius 2 is 1.69 bits per heavy atom. The number of nitrogens with zero attached hydrogens (tertiary/aromatic N) is 1. The molecular weight excluding hydrogens is 498 g/mol. The average Bonchev–Trinajstić information content (AvgIpc) is 2.90. The summed E-state index contributed by atoms with van der Waals surface area (Å²) in [7, 11) is 0. The van der Waals surface area contributed by atoms with Gasteiger partial charge in [-0.05, 0) is 64.3 Å². The Bertz CT molecular complexity index is 1140. The summed E-state index contributed by atoms with van der Waals surface area (Å²) in [5.74, 6) is -1.47. The van der Waals surface area contributed by atoms with Gasteiger partial charge >= 0.3 is 11.9 Å². The third kappa shape index (κ3) is 10.1. The van der Waals surface area contributed by atoms with Gasteiger partial charge in [0, 0.05) is 30.4 Å². The van der Waals surface area contributed by atoms with Crippen molar-refractivity contribution in [3.63, 3.8) is 0 Å². The van der Waals surface area contributed by atoms with E-state index in [1.807, 2.05) is 57.2 Å². The molecule has 0 radical (unpaired) electrons. The van der Waals surface area contributed by atoms with Crippen LogP contribution in [0.15, 0.2) is 54.6 Å². The van der Waals surface area contributed by atoms with Crippen molar-refractivity contribution >= 4 is 29.4 Å². The Kier molecular flexibility index (Phi) is 10.5. The number of piperidine rings is 1. The molecule has 2 aromatic rings. The van der Waals surface area contributed by atoms with Crippen molar-refractivity contribution in [3.05, 3.63) is 65.7 Å². The largest absolute Gasteiger partial charge is 0.461 e. The van der Waals surface area contributed by atoms with E-state index in [1.54, 1.807) is 25.1 Å². The molecule has 0 bridgehead atoms. The van der Waals surface area contributed by atoms with Gasteiger partial charge in [-0.2, -0.15) is 0 Å². The molecule has 0 aromatic heterocycles. The smallest absolute Gasteiger partial charge is 0.309 e. The SMILES string of the molecule is C[C@H](CC(=O)OCc1ccccc1)NC(=O)CNC(=O)c1cccc(N2CCC(C(=O)OC(C)(C)C)CC2)c1. The molecular formula is C30H39N3O6. The number of ether oxygens (including phenoxy) is 2. The van der Waals surface area contributed by atoms with Crippen LogP contribution in [0, 0.1) is 5.92 Å². The lowest BCUT2D eigenvalue weighted by molar-refractivity contribution is -0.160. The molecule has 1 atom stereocenters. The molecule has 39 heavy (non-hydrogen) atoms. The highest BCUT2D eigenvalue weighted by Gasteiger charge is 2.29. The first-order chi connectivity index (χ1) is 18.5. The Labute approximate surface area is 230 Å². The van der Waals surface area contributed by atoms with Crippen molar-refractivity contribution < 1.29 is 28.7 Å². The van der Waals surface area contributed by atoms with Crippen LogP contribution < -0.4 is 15.5 Å². The highest BCUT2D eigenvalue weighted by atomic mass is 16.6. The Hall–Kier alpha value is -3.88. The molecule has 1 saturated heterocycles. The number of hydrogen-bond acceptors (Lipinski definition) is 7. The van der Waals surface area contributed by atoms with Crippen molar-refractivity contribution in [3.8, 4) is 0 Å². The molecule has 0 aliphatic carbocycles. The van der Waals surface area contributed by atoms with E-state index in [0.717, 1.165) is 11.3 Å². The number of carbonyl (C=O) groups excluding carboxylic acids is 4. The minimum atomic E-state index is -0.501. The van der Waals surface area contributed by atoms with Gasteiger partial charge < -0.3 is 25.0 Å². The van der Waals surface area contributed by atoms with Crippen LogP contribution in [0.2, 0.25) is 0 Å². The highest BCUT2D eigenvalue weighted by molar-refractivity contribution is 5.97. The maximum atomic E-state index is 12.7. The van der Waals surface area contributed by atoms with E-state index in [9.17, 15) is 19.2 Å². The summed E-state index contributed by atoms with van der Waals surface area (Å²) in [6.45, 7) is 8.64. The Morgan fingerprint density at radius 3 is 2.36 bits per heavy atom. The molecule has 1 fully saturated rings. The first kappa shape index (κ1) is 29.7. The fourth-order valence-corrected chi connectivity index (χ4v) is 4.29. The number of anilines is 1. The van der Waals surface area contributed by atoms with Gasteiger partial charge in [-0.1, -0.05) is 36.4 Å². The first-order valence-electron chi connectivity index (χ1n) is 13.3. The standard InChI is InChI=1S/C30H39N3O6/c1-21(17-27(35)38-20-22-9-6-5-7-10-22)32-26(34)19-31-28(36)24-11-8-12-25(18-24)33-15-13-23(14-16-33)29(37)39-30(2,3)4/h5-12,18,21,23H,13-17,19-20H2,1-4H3,(H,31,36)(H,32,34)/t21-/m1/s1. The fraction of sp³-hybridized carbons (Fsp3) is 0.467. The van der Waals surface area contributed by atoms with Gasteiger partial charge in [-0.25, -0.2) is 0 Å². The second-order valence-electron chi connectivity index (χ2n) is 10.8. The molecule has 2 amide bonds. The van der Waals surface area contributed by atoms with E-state index in [-0.39, 0.29) is 37.4 Å². The summed E-state index contributed by atoms with van der Waals surface area (Å²) in [5.41, 5.74) is 1.71.